The molecule has 0 aromatic heterocycles. The number of thiocarbonyl (C=S) groups is 1. The lowest BCUT2D eigenvalue weighted by Gasteiger charge is -2.19. The van der Waals surface area contributed by atoms with E-state index in [1.807, 2.05) is 5.32 Å². The molecule has 1 aromatic rings. The molecule has 1 aromatic carbocycles. The second-order valence-electron chi connectivity index (χ2n) is 3.59. The first-order valence-corrected chi connectivity index (χ1v) is 5.30. The lowest BCUT2D eigenvalue weighted by Crippen LogP contribution is -2.23. The molecule has 0 unspecified atom stereocenters. The van der Waals surface area contributed by atoms with Crippen LogP contribution in [0, 0.1) is 0 Å². The molecule has 0 atom stereocenters. The molecular weight excluding hydrogens is 310 g/mol. The quantitative estimate of drug-likeness (QED) is 0.648. The average molecular weight is 318 g/mol. The van der Waals surface area contributed by atoms with Crippen LogP contribution in [0.2, 0.25) is 0 Å². The summed E-state index contributed by atoms with van der Waals surface area (Å²) in [6, 6.07) is 0.388. The molecule has 112 valence electrons. The van der Waals surface area contributed by atoms with Crippen LogP contribution < -0.4 is 15.8 Å². The maximum Gasteiger partial charge on any atom is 0.418 e. The highest BCUT2D eigenvalue weighted by molar-refractivity contribution is 7.80. The van der Waals surface area contributed by atoms with Crippen molar-refractivity contribution >= 4 is 23.0 Å². The Bertz CT molecular complexity index is 526. The first-order chi connectivity index (χ1) is 8.96. The smallest absolute Gasteiger partial charge is 0.418 e. The Morgan fingerprint density at radius 1 is 1.15 bits per heavy atom. The fourth-order valence-electron chi connectivity index (χ4n) is 1.42. The SMILES string of the molecule is COc1cc(C(F)(F)F)cc(C(F)(F)F)c1NC(N)=S. The predicted octanol–water partition coefficient (Wildman–Crippen LogP) is 3.39. The van der Waals surface area contributed by atoms with E-state index in [-0.39, 0.29) is 6.07 Å². The summed E-state index contributed by atoms with van der Waals surface area (Å²) >= 11 is 4.40. The number of benzene rings is 1. The van der Waals surface area contributed by atoms with Gasteiger partial charge in [-0.15, -0.1) is 0 Å². The van der Waals surface area contributed by atoms with Crippen molar-refractivity contribution in [3.63, 3.8) is 0 Å². The van der Waals surface area contributed by atoms with E-state index in [1.54, 1.807) is 0 Å². The van der Waals surface area contributed by atoms with Gasteiger partial charge in [0.25, 0.3) is 0 Å². The van der Waals surface area contributed by atoms with E-state index in [1.165, 1.54) is 0 Å². The molecule has 3 N–H and O–H groups in total. The van der Waals surface area contributed by atoms with Crippen molar-refractivity contribution in [1.82, 2.24) is 0 Å². The van der Waals surface area contributed by atoms with Gasteiger partial charge in [-0.05, 0) is 24.4 Å². The molecule has 1 rings (SSSR count). The minimum atomic E-state index is -5.04. The van der Waals surface area contributed by atoms with Crippen molar-refractivity contribution in [3.8, 4) is 5.75 Å². The third-order valence-electron chi connectivity index (χ3n) is 2.20. The van der Waals surface area contributed by atoms with E-state index in [0.29, 0.717) is 6.07 Å². The summed E-state index contributed by atoms with van der Waals surface area (Å²) < 4.78 is 80.8. The Morgan fingerprint density at radius 2 is 1.70 bits per heavy atom. The maximum atomic E-state index is 12.8. The van der Waals surface area contributed by atoms with Gasteiger partial charge in [-0.1, -0.05) is 0 Å². The third-order valence-corrected chi connectivity index (χ3v) is 2.31. The Kier molecular flexibility index (Phi) is 4.37. The average Bonchev–Trinajstić information content (AvgIpc) is 2.25. The van der Waals surface area contributed by atoms with Crippen LogP contribution in [-0.2, 0) is 12.4 Å². The van der Waals surface area contributed by atoms with Crippen LogP contribution in [0.4, 0.5) is 32.0 Å². The van der Waals surface area contributed by atoms with E-state index < -0.39 is 40.0 Å². The number of alkyl halides is 6. The Balaban J connectivity index is 3.60. The van der Waals surface area contributed by atoms with E-state index >= 15 is 0 Å². The molecule has 0 saturated carbocycles. The summed E-state index contributed by atoms with van der Waals surface area (Å²) in [4.78, 5) is 0. The lowest BCUT2D eigenvalue weighted by molar-refractivity contribution is -0.142. The minimum absolute atomic E-state index is 0.0386. The molecule has 20 heavy (non-hydrogen) atoms. The molecule has 0 bridgehead atoms. The zero-order valence-electron chi connectivity index (χ0n) is 9.82. The fraction of sp³-hybridized carbons (Fsp3) is 0.300. The minimum Gasteiger partial charge on any atom is -0.495 e. The standard InChI is InChI=1S/C10H8F6N2OS/c1-19-6-3-4(9(11,12)13)2-5(10(14,15)16)7(6)18-8(17)20/h2-3H,1H3,(H3,17,18,20). The second-order valence-corrected chi connectivity index (χ2v) is 4.03. The van der Waals surface area contributed by atoms with Gasteiger partial charge in [0, 0.05) is 0 Å². The molecule has 0 radical (unpaired) electrons. The number of ether oxygens (including phenoxy) is 1. The number of halogens is 6. The van der Waals surface area contributed by atoms with Gasteiger partial charge in [-0.2, -0.15) is 26.3 Å². The molecular formula is C10H8F6N2OS. The zero-order valence-corrected chi connectivity index (χ0v) is 10.6. The van der Waals surface area contributed by atoms with Crippen LogP contribution in [0.5, 0.6) is 5.75 Å². The van der Waals surface area contributed by atoms with Crippen LogP contribution in [0.25, 0.3) is 0 Å². The highest BCUT2D eigenvalue weighted by Gasteiger charge is 2.40. The molecule has 0 aliphatic heterocycles. The summed E-state index contributed by atoms with van der Waals surface area (Å²) in [5.74, 6) is -0.667. The topological polar surface area (TPSA) is 47.3 Å². The van der Waals surface area contributed by atoms with E-state index in [2.05, 4.69) is 17.0 Å². The predicted molar refractivity (Wildman–Crippen MR) is 63.4 cm³/mol. The van der Waals surface area contributed by atoms with Gasteiger partial charge in [0.2, 0.25) is 0 Å². The summed E-state index contributed by atoms with van der Waals surface area (Å²) in [6.45, 7) is 0. The number of rotatable bonds is 2. The van der Waals surface area contributed by atoms with Gasteiger partial charge in [0.15, 0.2) is 5.11 Å². The normalized spacial score (nSPS) is 12.2. The van der Waals surface area contributed by atoms with Gasteiger partial charge in [0.05, 0.1) is 23.9 Å². The van der Waals surface area contributed by atoms with Crippen LogP contribution in [-0.4, -0.2) is 12.2 Å². The van der Waals surface area contributed by atoms with Gasteiger partial charge >= 0.3 is 12.4 Å². The largest absolute Gasteiger partial charge is 0.495 e. The van der Waals surface area contributed by atoms with E-state index in [9.17, 15) is 26.3 Å². The van der Waals surface area contributed by atoms with Gasteiger partial charge in [-0.3, -0.25) is 0 Å². The highest BCUT2D eigenvalue weighted by Crippen LogP contribution is 2.44. The molecule has 0 aliphatic rings. The molecule has 0 amide bonds. The summed E-state index contributed by atoms with van der Waals surface area (Å²) in [5.41, 5.74) is 1.23. The first-order valence-electron chi connectivity index (χ1n) is 4.89. The Labute approximate surface area is 114 Å². The maximum absolute atomic E-state index is 12.8. The van der Waals surface area contributed by atoms with Crippen molar-refractivity contribution in [2.24, 2.45) is 5.73 Å². The van der Waals surface area contributed by atoms with E-state index in [0.717, 1.165) is 7.11 Å². The number of nitrogens with two attached hydrogens (primary N) is 1. The third kappa shape index (κ3) is 3.65. The Hall–Kier alpha value is -1.71. The van der Waals surface area contributed by atoms with Gasteiger partial charge in [0.1, 0.15) is 5.75 Å². The van der Waals surface area contributed by atoms with Crippen molar-refractivity contribution in [2.75, 3.05) is 12.4 Å². The van der Waals surface area contributed by atoms with Crippen molar-refractivity contribution in [1.29, 1.82) is 0 Å². The van der Waals surface area contributed by atoms with Crippen LogP contribution in [0.1, 0.15) is 11.1 Å². The number of methoxy groups -OCH3 is 1. The van der Waals surface area contributed by atoms with Crippen molar-refractivity contribution < 1.29 is 31.1 Å². The monoisotopic (exact) mass is 318 g/mol. The number of anilines is 1. The van der Waals surface area contributed by atoms with Crippen LogP contribution in [0.3, 0.4) is 0 Å². The molecule has 0 fully saturated rings. The number of hydrogen-bond donors (Lipinski definition) is 2. The Morgan fingerprint density at radius 3 is 2.05 bits per heavy atom. The first kappa shape index (κ1) is 16.3. The molecule has 0 saturated heterocycles. The molecule has 0 spiro atoms. The van der Waals surface area contributed by atoms with Crippen molar-refractivity contribution in [3.05, 3.63) is 23.3 Å². The fourth-order valence-corrected chi connectivity index (χ4v) is 1.52. The van der Waals surface area contributed by atoms with Crippen LogP contribution in [0.15, 0.2) is 12.1 Å². The number of nitrogens with one attached hydrogen (secondary N) is 1. The summed E-state index contributed by atoms with van der Waals surface area (Å²) in [6.07, 6.45) is -9.99. The highest BCUT2D eigenvalue weighted by atomic mass is 32.1. The molecule has 10 heteroatoms. The van der Waals surface area contributed by atoms with Crippen LogP contribution >= 0.6 is 12.2 Å². The number of hydrogen-bond acceptors (Lipinski definition) is 2. The van der Waals surface area contributed by atoms with Gasteiger partial charge in [-0.25, -0.2) is 0 Å². The molecule has 0 heterocycles. The lowest BCUT2D eigenvalue weighted by atomic mass is 10.1. The molecule has 3 nitrogen and oxygen atoms in total. The molecule has 0 aliphatic carbocycles. The van der Waals surface area contributed by atoms with Crippen molar-refractivity contribution in [2.45, 2.75) is 12.4 Å². The summed E-state index contributed by atoms with van der Waals surface area (Å²) in [5, 5.41) is 1.44. The second kappa shape index (κ2) is 5.35. The summed E-state index contributed by atoms with van der Waals surface area (Å²) in [7, 11) is 0.931. The zero-order chi connectivity index (χ0) is 15.7. The van der Waals surface area contributed by atoms with Gasteiger partial charge < -0.3 is 15.8 Å². The van der Waals surface area contributed by atoms with E-state index in [4.69, 9.17) is 5.73 Å².